The summed E-state index contributed by atoms with van der Waals surface area (Å²) in [6, 6.07) is 8.69. The number of nitrogens with one attached hydrogen (secondary N) is 1. The first-order valence-corrected chi connectivity index (χ1v) is 7.40. The van der Waals surface area contributed by atoms with Crippen LogP contribution < -0.4 is 15.7 Å². The second-order valence-electron chi connectivity index (χ2n) is 5.25. The molecule has 1 amide bonds. The van der Waals surface area contributed by atoms with Gasteiger partial charge < -0.3 is 10.1 Å². The number of rotatable bonds is 6. The van der Waals surface area contributed by atoms with Crippen LogP contribution in [0.1, 0.15) is 12.7 Å². The summed E-state index contributed by atoms with van der Waals surface area (Å²) in [4.78, 5) is 23.6. The van der Waals surface area contributed by atoms with Gasteiger partial charge in [-0.25, -0.2) is 9.48 Å². The predicted molar refractivity (Wildman–Crippen MR) is 82.0 cm³/mol. The van der Waals surface area contributed by atoms with E-state index in [1.807, 2.05) is 0 Å². The molecule has 7 nitrogen and oxygen atoms in total. The lowest BCUT2D eigenvalue weighted by atomic mass is 10.3. The molecule has 10 heteroatoms. The van der Waals surface area contributed by atoms with Crippen molar-refractivity contribution in [2.45, 2.75) is 25.7 Å². The average Bonchev–Trinajstić information content (AvgIpc) is 2.84. The van der Waals surface area contributed by atoms with Crippen molar-refractivity contribution >= 4 is 5.91 Å². The van der Waals surface area contributed by atoms with Crippen LogP contribution in [0.5, 0.6) is 5.75 Å². The van der Waals surface area contributed by atoms with Gasteiger partial charge in [-0.3, -0.25) is 9.36 Å². The van der Waals surface area contributed by atoms with Crippen molar-refractivity contribution in [2.75, 3.05) is 6.54 Å². The highest BCUT2D eigenvalue weighted by Crippen LogP contribution is 2.25. The SMILES string of the molecule is CC(Oc1ccccc1)C(=O)NCCn1nc(C(F)(F)F)n(C)c1=O. The molecule has 1 N–H and O–H groups in total. The van der Waals surface area contributed by atoms with E-state index in [-0.39, 0.29) is 13.1 Å². The Morgan fingerprint density at radius 2 is 1.96 bits per heavy atom. The van der Waals surface area contributed by atoms with Crippen LogP contribution in [0.25, 0.3) is 0 Å². The number of halogens is 3. The number of carbonyl (C=O) groups excluding carboxylic acids is 1. The fourth-order valence-electron chi connectivity index (χ4n) is 2.07. The molecule has 1 aromatic carbocycles. The van der Waals surface area contributed by atoms with Gasteiger partial charge in [-0.05, 0) is 19.1 Å². The summed E-state index contributed by atoms with van der Waals surface area (Å²) in [6.07, 6.45) is -5.52. The third kappa shape index (κ3) is 4.61. The van der Waals surface area contributed by atoms with E-state index in [1.165, 1.54) is 6.92 Å². The number of nitrogens with zero attached hydrogens (tertiary/aromatic N) is 3. The van der Waals surface area contributed by atoms with Gasteiger partial charge in [-0.2, -0.15) is 13.2 Å². The summed E-state index contributed by atoms with van der Waals surface area (Å²) >= 11 is 0. The summed E-state index contributed by atoms with van der Waals surface area (Å²) in [5.41, 5.74) is -0.907. The maximum atomic E-state index is 12.7. The largest absolute Gasteiger partial charge is 0.481 e. The number of aromatic nitrogens is 3. The molecule has 0 saturated heterocycles. The highest BCUT2D eigenvalue weighted by atomic mass is 19.4. The molecule has 0 fully saturated rings. The van der Waals surface area contributed by atoms with E-state index in [0.29, 0.717) is 15.0 Å². The molecule has 0 aliphatic carbocycles. The molecule has 0 saturated carbocycles. The van der Waals surface area contributed by atoms with Crippen LogP contribution in [0.15, 0.2) is 35.1 Å². The Labute approximate surface area is 141 Å². The molecule has 25 heavy (non-hydrogen) atoms. The average molecular weight is 358 g/mol. The lowest BCUT2D eigenvalue weighted by Crippen LogP contribution is -2.39. The Hall–Kier alpha value is -2.78. The van der Waals surface area contributed by atoms with Crippen molar-refractivity contribution in [1.82, 2.24) is 19.7 Å². The van der Waals surface area contributed by atoms with Gasteiger partial charge in [-0.1, -0.05) is 18.2 Å². The van der Waals surface area contributed by atoms with Crippen LogP contribution in [0.3, 0.4) is 0 Å². The minimum Gasteiger partial charge on any atom is -0.481 e. The number of hydrogen-bond acceptors (Lipinski definition) is 4. The van der Waals surface area contributed by atoms with Crippen LogP contribution in [0.2, 0.25) is 0 Å². The molecule has 1 unspecified atom stereocenters. The zero-order chi connectivity index (χ0) is 18.6. The number of para-hydroxylation sites is 1. The van der Waals surface area contributed by atoms with Gasteiger partial charge >= 0.3 is 11.9 Å². The van der Waals surface area contributed by atoms with E-state index in [1.54, 1.807) is 30.3 Å². The van der Waals surface area contributed by atoms with Gasteiger partial charge in [-0.15, -0.1) is 5.10 Å². The quantitative estimate of drug-likeness (QED) is 0.841. The van der Waals surface area contributed by atoms with Crippen molar-refractivity contribution in [3.05, 3.63) is 46.6 Å². The van der Waals surface area contributed by atoms with Gasteiger partial charge in [0.2, 0.25) is 5.82 Å². The first kappa shape index (κ1) is 18.6. The van der Waals surface area contributed by atoms with Crippen molar-refractivity contribution in [2.24, 2.45) is 7.05 Å². The molecular weight excluding hydrogens is 341 g/mol. The standard InChI is InChI=1S/C15H17F3N4O3/c1-10(25-11-6-4-3-5-7-11)12(23)19-8-9-22-14(24)21(2)13(20-22)15(16,17)18/h3-7,10H,8-9H2,1-2H3,(H,19,23). The molecular formula is C15H17F3N4O3. The fraction of sp³-hybridized carbons (Fsp3) is 0.400. The Kier molecular flexibility index (Phi) is 5.50. The fourth-order valence-corrected chi connectivity index (χ4v) is 2.07. The van der Waals surface area contributed by atoms with Gasteiger partial charge in [0, 0.05) is 13.6 Å². The van der Waals surface area contributed by atoms with E-state index in [9.17, 15) is 22.8 Å². The van der Waals surface area contributed by atoms with Crippen LogP contribution in [0, 0.1) is 0 Å². The zero-order valence-corrected chi connectivity index (χ0v) is 13.6. The van der Waals surface area contributed by atoms with Gasteiger partial charge in [0.05, 0.1) is 6.54 Å². The maximum Gasteiger partial charge on any atom is 0.451 e. The third-order valence-electron chi connectivity index (χ3n) is 3.34. The maximum absolute atomic E-state index is 12.7. The Balaban J connectivity index is 1.90. The van der Waals surface area contributed by atoms with Crippen LogP contribution in [-0.4, -0.2) is 32.9 Å². The number of carbonyl (C=O) groups is 1. The van der Waals surface area contributed by atoms with E-state index in [4.69, 9.17) is 4.74 Å². The number of alkyl halides is 3. The van der Waals surface area contributed by atoms with Gasteiger partial charge in [0.25, 0.3) is 5.91 Å². The van der Waals surface area contributed by atoms with Gasteiger partial charge in [0.15, 0.2) is 6.10 Å². The van der Waals surface area contributed by atoms with Crippen molar-refractivity contribution in [1.29, 1.82) is 0 Å². The van der Waals surface area contributed by atoms with Crippen molar-refractivity contribution < 1.29 is 22.7 Å². The molecule has 136 valence electrons. The summed E-state index contributed by atoms with van der Waals surface area (Å²) < 4.78 is 44.6. The smallest absolute Gasteiger partial charge is 0.451 e. The van der Waals surface area contributed by atoms with Crippen LogP contribution >= 0.6 is 0 Å². The minimum absolute atomic E-state index is 0.0600. The summed E-state index contributed by atoms with van der Waals surface area (Å²) in [7, 11) is 0.989. The predicted octanol–water partition coefficient (Wildman–Crippen LogP) is 1.18. The normalized spacial score (nSPS) is 12.7. The second-order valence-corrected chi connectivity index (χ2v) is 5.25. The summed E-state index contributed by atoms with van der Waals surface area (Å²) in [5, 5.41) is 5.74. The lowest BCUT2D eigenvalue weighted by molar-refractivity contribution is -0.147. The number of benzene rings is 1. The topological polar surface area (TPSA) is 78.2 Å². The highest BCUT2D eigenvalue weighted by molar-refractivity contribution is 5.80. The Morgan fingerprint density at radius 1 is 1.32 bits per heavy atom. The first-order valence-electron chi connectivity index (χ1n) is 7.40. The molecule has 1 atom stereocenters. The van der Waals surface area contributed by atoms with Crippen LogP contribution in [-0.2, 0) is 24.6 Å². The number of ether oxygens (including phenoxy) is 1. The lowest BCUT2D eigenvalue weighted by Gasteiger charge is -2.14. The molecule has 0 aliphatic heterocycles. The van der Waals surface area contributed by atoms with Gasteiger partial charge in [0.1, 0.15) is 5.75 Å². The number of hydrogen-bond donors (Lipinski definition) is 1. The van der Waals surface area contributed by atoms with Crippen LogP contribution in [0.4, 0.5) is 13.2 Å². The molecule has 2 aromatic rings. The van der Waals surface area contributed by atoms with E-state index >= 15 is 0 Å². The second kappa shape index (κ2) is 7.41. The zero-order valence-electron chi connectivity index (χ0n) is 13.6. The monoisotopic (exact) mass is 358 g/mol. The molecule has 0 spiro atoms. The summed E-state index contributed by atoms with van der Waals surface area (Å²) in [5.74, 6) is -1.23. The first-order chi connectivity index (χ1) is 11.7. The Bertz CT molecular complexity index is 784. The molecule has 0 bridgehead atoms. The molecule has 0 radical (unpaired) electrons. The van der Waals surface area contributed by atoms with E-state index in [0.717, 1.165) is 7.05 Å². The molecule has 1 aromatic heterocycles. The van der Waals surface area contributed by atoms with Crippen molar-refractivity contribution in [3.63, 3.8) is 0 Å². The molecule has 1 heterocycles. The van der Waals surface area contributed by atoms with E-state index < -0.39 is 29.7 Å². The minimum atomic E-state index is -4.72. The molecule has 2 rings (SSSR count). The number of amides is 1. The Morgan fingerprint density at radius 3 is 2.52 bits per heavy atom. The third-order valence-corrected chi connectivity index (χ3v) is 3.34. The molecule has 0 aliphatic rings. The van der Waals surface area contributed by atoms with E-state index in [2.05, 4.69) is 10.4 Å². The highest BCUT2D eigenvalue weighted by Gasteiger charge is 2.37. The van der Waals surface area contributed by atoms with Crippen molar-refractivity contribution in [3.8, 4) is 5.75 Å². The summed E-state index contributed by atoms with van der Waals surface area (Å²) in [6.45, 7) is 1.29.